The largest absolute Gasteiger partial charge is 0.506 e. The second kappa shape index (κ2) is 29.1. The number of hydrogen-bond acceptors (Lipinski definition) is 14. The third kappa shape index (κ3) is 18.4. The van der Waals surface area contributed by atoms with Gasteiger partial charge in [0.1, 0.15) is 51.1 Å². The standard InChI is InChI=1S/C15H8Cl2FNO.C14H19NO.C12H7BrClNO2.C11H9NO2.C9H7NO.H2O4S/c16-9-7-12(17)15-13(8-9)19-6-5-14(15)20-11-3-1-10(18)2-4-11;1-5-16-11-6-7-13-12(8-11)10(2)9-14(3,4)15-13;1-2-10(16)17-12-8(13)6-9(14)7-4-3-5-15-11(7)12;1-7(13)8-4-5-10(14)11-9(8)3-2-6-12-11;11-8-5-1-3-7-4-2-6-10-9(7)8;1-5(2,3)4/h1-8H;6-9,15H,5H2,1-4H3;2-6H,1H2;2-6,14H,1H3;1-6,11H;(H2,1,2,3,4). The van der Waals surface area contributed by atoms with Crippen LogP contribution in [0.4, 0.5) is 10.1 Å². The molecule has 0 amide bonds. The monoisotopic (exact) mass is 1270 g/mol. The maximum atomic E-state index is 12.9. The smallest absolute Gasteiger partial charge is 0.394 e. The van der Waals surface area contributed by atoms with Crippen LogP contribution in [-0.4, -0.2) is 71.6 Å². The molecule has 4 aromatic heterocycles. The van der Waals surface area contributed by atoms with E-state index in [-0.39, 0.29) is 28.6 Å². The summed E-state index contributed by atoms with van der Waals surface area (Å²) in [5, 5.41) is 26.9. The number of nitrogens with zero attached hydrogens (tertiary/aromatic N) is 4. The Morgan fingerprint density at radius 2 is 1.36 bits per heavy atom. The number of para-hydroxylation sites is 1. The number of esters is 1. The number of aromatic nitrogens is 4. The number of carbonyl (C=O) groups is 2. The van der Waals surface area contributed by atoms with Gasteiger partial charge in [-0.1, -0.05) is 71.7 Å². The Bertz CT molecular complexity index is 4130. The number of benzene rings is 6. The van der Waals surface area contributed by atoms with Crippen LogP contribution in [0, 0.1) is 5.82 Å². The van der Waals surface area contributed by atoms with E-state index in [1.165, 1.54) is 41.9 Å². The Hall–Kier alpha value is -8.27. The lowest BCUT2D eigenvalue weighted by atomic mass is 9.91. The lowest BCUT2D eigenvalue weighted by Crippen LogP contribution is -2.31. The molecule has 22 heteroatoms. The van der Waals surface area contributed by atoms with Gasteiger partial charge in [0.2, 0.25) is 0 Å². The summed E-state index contributed by atoms with van der Waals surface area (Å²) in [6.45, 7) is 14.1. The number of fused-ring (bicyclic) bond motifs is 5. The van der Waals surface area contributed by atoms with Crippen LogP contribution in [0.1, 0.15) is 50.5 Å². The zero-order valence-electron chi connectivity index (χ0n) is 44.8. The summed E-state index contributed by atoms with van der Waals surface area (Å²) in [5.74, 6) is 1.80. The van der Waals surface area contributed by atoms with Crippen LogP contribution in [0.5, 0.6) is 34.5 Å². The number of Topliss-reactive ketones (excluding diaryl/α,β-unsaturated/α-hetero) is 1. The number of anilines is 1. The van der Waals surface area contributed by atoms with Gasteiger partial charge in [-0.2, -0.15) is 8.42 Å². The van der Waals surface area contributed by atoms with Crippen molar-refractivity contribution in [3.8, 4) is 34.5 Å². The first-order valence-corrected chi connectivity index (χ1v) is 28.0. The number of carbonyl (C=O) groups excluding carboxylic acids is 2. The van der Waals surface area contributed by atoms with E-state index >= 15 is 0 Å². The molecule has 16 nitrogen and oxygen atoms in total. The molecule has 0 spiro atoms. The molecule has 1 aliphatic rings. The number of ketones is 1. The molecule has 0 saturated heterocycles. The molecular weight excluding hydrogens is 1220 g/mol. The number of rotatable bonds is 7. The Kier molecular flexibility index (Phi) is 22.4. The molecule has 0 saturated carbocycles. The van der Waals surface area contributed by atoms with Crippen molar-refractivity contribution in [3.63, 3.8) is 0 Å². The lowest BCUT2D eigenvalue weighted by Gasteiger charge is -2.31. The number of pyridine rings is 4. The molecule has 0 atom stereocenters. The van der Waals surface area contributed by atoms with E-state index < -0.39 is 16.4 Å². The van der Waals surface area contributed by atoms with Crippen molar-refractivity contribution < 1.29 is 55.9 Å². The van der Waals surface area contributed by atoms with Crippen molar-refractivity contribution in [3.05, 3.63) is 213 Å². The summed E-state index contributed by atoms with van der Waals surface area (Å²) in [7, 11) is -4.67. The van der Waals surface area contributed by atoms with Crippen molar-refractivity contribution in [2.75, 3.05) is 11.9 Å². The van der Waals surface area contributed by atoms with Crippen molar-refractivity contribution in [1.29, 1.82) is 0 Å². The number of hydrogen-bond donors (Lipinski definition) is 5. The molecule has 0 unspecified atom stereocenters. The Morgan fingerprint density at radius 3 is 2.01 bits per heavy atom. The first-order chi connectivity index (χ1) is 39.4. The van der Waals surface area contributed by atoms with Gasteiger partial charge in [0, 0.05) is 68.9 Å². The number of nitrogens with one attached hydrogen (secondary N) is 1. The van der Waals surface area contributed by atoms with Gasteiger partial charge in [-0.25, -0.2) is 9.18 Å². The van der Waals surface area contributed by atoms with Gasteiger partial charge in [0.15, 0.2) is 11.5 Å². The second-order valence-electron chi connectivity index (χ2n) is 18.0. The molecular formula is C61H52BrCl3FN5O11S. The summed E-state index contributed by atoms with van der Waals surface area (Å²) >= 11 is 21.5. The van der Waals surface area contributed by atoms with Gasteiger partial charge >= 0.3 is 16.4 Å². The van der Waals surface area contributed by atoms with E-state index in [0.29, 0.717) is 81.8 Å². The van der Waals surface area contributed by atoms with Crippen LogP contribution in [-0.2, 0) is 15.2 Å². The molecule has 5 N–H and O–H groups in total. The SMILES string of the molecule is C=CC(=O)Oc1c(Br)cc(Cl)c2cccnc12.CC(=O)c1ccc(O)c2ncccc12.CCOc1ccc2c(c1)C(C)=CC(C)(C)N2.Fc1ccc(Oc2ccnc3cc(Cl)cc(Cl)c23)cc1.O=S(=O)(O)O.Oc1cccc2cccnc12. The minimum Gasteiger partial charge on any atom is -0.506 e. The molecule has 0 bridgehead atoms. The highest BCUT2D eigenvalue weighted by Crippen LogP contribution is 2.39. The first kappa shape index (κ1) is 63.9. The number of phenolic OH excluding ortho intramolecular Hbond substituents is 2. The highest BCUT2D eigenvalue weighted by molar-refractivity contribution is 9.10. The van der Waals surface area contributed by atoms with E-state index in [1.807, 2.05) is 37.3 Å². The number of phenols is 2. The topological polar surface area (TPSA) is 240 Å². The van der Waals surface area contributed by atoms with Gasteiger partial charge in [-0.3, -0.25) is 33.8 Å². The third-order valence-corrected chi connectivity index (χ3v) is 12.8. The van der Waals surface area contributed by atoms with Gasteiger partial charge in [-0.05, 0) is 165 Å². The number of aromatic hydroxyl groups is 2. The van der Waals surface area contributed by atoms with Crippen LogP contribution < -0.4 is 19.5 Å². The zero-order valence-corrected chi connectivity index (χ0v) is 49.5. The summed E-state index contributed by atoms with van der Waals surface area (Å²) < 4.78 is 61.4. The Labute approximate surface area is 500 Å². The quantitative estimate of drug-likeness (QED) is 0.0328. The predicted octanol–water partition coefficient (Wildman–Crippen LogP) is 16.3. The molecule has 83 heavy (non-hydrogen) atoms. The minimum absolute atomic E-state index is 0.0250. The summed E-state index contributed by atoms with van der Waals surface area (Å²) in [6, 6.07) is 38.0. The van der Waals surface area contributed by atoms with E-state index in [9.17, 15) is 24.2 Å². The molecule has 0 aliphatic carbocycles. The summed E-state index contributed by atoms with van der Waals surface area (Å²) in [5.41, 5.74) is 6.66. The van der Waals surface area contributed by atoms with E-state index in [1.54, 1.807) is 97.6 Å². The fraction of sp³-hybridized carbons (Fsp3) is 0.115. The molecule has 11 rings (SSSR count). The van der Waals surface area contributed by atoms with Gasteiger partial charge in [0.05, 0.1) is 37.6 Å². The molecule has 10 aromatic rings. The van der Waals surface area contributed by atoms with Gasteiger partial charge in [0.25, 0.3) is 0 Å². The van der Waals surface area contributed by atoms with Crippen LogP contribution in [0.15, 0.2) is 181 Å². The highest BCUT2D eigenvalue weighted by atomic mass is 79.9. The molecule has 0 radical (unpaired) electrons. The first-order valence-electron chi connectivity index (χ1n) is 24.7. The van der Waals surface area contributed by atoms with Crippen molar-refractivity contribution in [2.45, 2.75) is 40.2 Å². The maximum absolute atomic E-state index is 12.9. The average molecular weight is 1270 g/mol. The fourth-order valence-corrected chi connectivity index (χ4v) is 9.51. The van der Waals surface area contributed by atoms with Crippen LogP contribution >= 0.6 is 50.7 Å². The fourth-order valence-electron chi connectivity index (χ4n) is 8.05. The van der Waals surface area contributed by atoms with E-state index in [2.05, 4.69) is 86.7 Å². The van der Waals surface area contributed by atoms with Gasteiger partial charge in [-0.15, -0.1) is 0 Å². The average Bonchev–Trinajstić information content (AvgIpc) is 3.65. The summed E-state index contributed by atoms with van der Waals surface area (Å²) in [4.78, 5) is 38.9. The third-order valence-electron chi connectivity index (χ3n) is 11.4. The van der Waals surface area contributed by atoms with Crippen LogP contribution in [0.25, 0.3) is 49.2 Å². The molecule has 1 aliphatic heterocycles. The molecule has 0 fully saturated rings. The molecule has 428 valence electrons. The van der Waals surface area contributed by atoms with E-state index in [4.69, 9.17) is 66.5 Å². The maximum Gasteiger partial charge on any atom is 0.394 e. The van der Waals surface area contributed by atoms with E-state index in [0.717, 1.165) is 22.6 Å². The van der Waals surface area contributed by atoms with Crippen molar-refractivity contribution in [2.24, 2.45) is 0 Å². The molecule has 6 aromatic carbocycles. The number of allylic oxidation sites excluding steroid dienone is 1. The normalized spacial score (nSPS) is 11.8. The van der Waals surface area contributed by atoms with Gasteiger partial charge < -0.3 is 29.7 Å². The highest BCUT2D eigenvalue weighted by Gasteiger charge is 2.23. The number of halogens is 5. The predicted molar refractivity (Wildman–Crippen MR) is 328 cm³/mol. The zero-order chi connectivity index (χ0) is 60.6. The Balaban J connectivity index is 0.000000165. The minimum atomic E-state index is -4.67. The molecule has 5 heterocycles. The van der Waals surface area contributed by atoms with Crippen molar-refractivity contribution in [1.82, 2.24) is 19.9 Å². The second-order valence-corrected chi connectivity index (χ2v) is 21.0. The number of ether oxygens (including phenoxy) is 3. The Morgan fingerprint density at radius 1 is 0.747 bits per heavy atom. The summed E-state index contributed by atoms with van der Waals surface area (Å²) in [6.07, 6.45) is 9.82. The van der Waals surface area contributed by atoms with Crippen LogP contribution in [0.2, 0.25) is 15.1 Å². The van der Waals surface area contributed by atoms with Crippen LogP contribution in [0.3, 0.4) is 0 Å². The lowest BCUT2D eigenvalue weighted by molar-refractivity contribution is -0.128. The van der Waals surface area contributed by atoms with Crippen molar-refractivity contribution >= 4 is 128 Å².